The molecule has 1 amide bonds. The Morgan fingerprint density at radius 2 is 2.06 bits per heavy atom. The van der Waals surface area contributed by atoms with Crippen LogP contribution in [0.1, 0.15) is 46.5 Å². The maximum atomic E-state index is 11.8. The third-order valence-electron chi connectivity index (χ3n) is 3.76. The maximum Gasteiger partial charge on any atom is 0.236 e. The van der Waals surface area contributed by atoms with Crippen LogP contribution in [0.25, 0.3) is 0 Å². The lowest BCUT2D eigenvalue weighted by atomic mass is 10.2. The Hall–Kier alpha value is -0.610. The summed E-state index contributed by atoms with van der Waals surface area (Å²) in [7, 11) is 2.18. The predicted molar refractivity (Wildman–Crippen MR) is 75.6 cm³/mol. The van der Waals surface area contributed by atoms with Gasteiger partial charge in [0, 0.05) is 25.2 Å². The lowest BCUT2D eigenvalue weighted by molar-refractivity contribution is -0.122. The van der Waals surface area contributed by atoms with E-state index < -0.39 is 0 Å². The number of likely N-dealkylation sites (N-methyl/N-ethyl adjacent to an activating group) is 1. The molecule has 0 aromatic rings. The second kappa shape index (κ2) is 7.74. The van der Waals surface area contributed by atoms with Gasteiger partial charge in [-0.15, -0.1) is 0 Å². The highest BCUT2D eigenvalue weighted by Gasteiger charge is 2.29. The Balaban J connectivity index is 2.14. The quantitative estimate of drug-likeness (QED) is 0.612. The molecule has 0 aromatic carbocycles. The van der Waals surface area contributed by atoms with Crippen molar-refractivity contribution in [2.24, 2.45) is 0 Å². The molecule has 0 saturated heterocycles. The number of unbranched alkanes of at least 4 members (excludes halogenated alkanes) is 1. The second-order valence-electron chi connectivity index (χ2n) is 5.52. The number of rotatable bonds is 9. The topological polar surface area (TPSA) is 44.4 Å². The molecular weight excluding hydrogens is 226 g/mol. The number of hydrogen-bond donors (Lipinski definition) is 2. The van der Waals surface area contributed by atoms with Crippen LogP contribution in [-0.2, 0) is 4.79 Å². The Morgan fingerprint density at radius 1 is 1.39 bits per heavy atom. The molecule has 1 saturated carbocycles. The zero-order chi connectivity index (χ0) is 13.5. The molecule has 1 rings (SSSR count). The third kappa shape index (κ3) is 5.36. The van der Waals surface area contributed by atoms with Crippen LogP contribution < -0.4 is 10.6 Å². The van der Waals surface area contributed by atoms with Crippen molar-refractivity contribution in [2.45, 2.75) is 64.6 Å². The van der Waals surface area contributed by atoms with Crippen molar-refractivity contribution in [2.75, 3.05) is 20.1 Å². The fraction of sp³-hybridized carbons (Fsp3) is 0.929. The lowest BCUT2D eigenvalue weighted by Crippen LogP contribution is -2.47. The number of carbonyl (C=O) groups excluding carboxylic acids is 1. The van der Waals surface area contributed by atoms with Gasteiger partial charge in [0.25, 0.3) is 0 Å². The van der Waals surface area contributed by atoms with E-state index in [1.54, 1.807) is 0 Å². The van der Waals surface area contributed by atoms with Gasteiger partial charge in [-0.25, -0.2) is 0 Å². The van der Waals surface area contributed by atoms with Gasteiger partial charge in [0.1, 0.15) is 0 Å². The summed E-state index contributed by atoms with van der Waals surface area (Å²) in [5, 5.41) is 6.28. The van der Waals surface area contributed by atoms with Gasteiger partial charge in [-0.2, -0.15) is 0 Å². The minimum Gasteiger partial charge on any atom is -0.355 e. The van der Waals surface area contributed by atoms with E-state index in [1.807, 2.05) is 6.92 Å². The Bertz CT molecular complexity index is 253. The van der Waals surface area contributed by atoms with E-state index in [1.165, 1.54) is 12.8 Å². The first kappa shape index (κ1) is 15.4. The summed E-state index contributed by atoms with van der Waals surface area (Å²) in [5.74, 6) is 0.115. The molecule has 4 heteroatoms. The van der Waals surface area contributed by atoms with Crippen LogP contribution in [0.2, 0.25) is 0 Å². The van der Waals surface area contributed by atoms with Crippen LogP contribution in [-0.4, -0.2) is 49.1 Å². The number of amides is 1. The van der Waals surface area contributed by atoms with Gasteiger partial charge in [0.2, 0.25) is 5.91 Å². The average molecular weight is 255 g/mol. The molecule has 0 spiro atoms. The Morgan fingerprint density at radius 3 is 2.61 bits per heavy atom. The summed E-state index contributed by atoms with van der Waals surface area (Å²) in [6.45, 7) is 7.94. The van der Waals surface area contributed by atoms with E-state index >= 15 is 0 Å². The molecule has 2 N–H and O–H groups in total. The molecule has 0 aliphatic heterocycles. The van der Waals surface area contributed by atoms with Crippen LogP contribution in [0.3, 0.4) is 0 Å². The molecule has 0 heterocycles. The van der Waals surface area contributed by atoms with Gasteiger partial charge >= 0.3 is 0 Å². The SMILES string of the molecule is CCCCNC(=O)C(C)NCC(C)N(C)C1CC1. The highest BCUT2D eigenvalue weighted by Crippen LogP contribution is 2.26. The maximum absolute atomic E-state index is 11.8. The molecule has 106 valence electrons. The lowest BCUT2D eigenvalue weighted by Gasteiger charge is -2.26. The highest BCUT2D eigenvalue weighted by molar-refractivity contribution is 5.81. The first-order valence-electron chi connectivity index (χ1n) is 7.29. The molecule has 4 nitrogen and oxygen atoms in total. The molecule has 18 heavy (non-hydrogen) atoms. The number of hydrogen-bond acceptors (Lipinski definition) is 3. The zero-order valence-electron chi connectivity index (χ0n) is 12.3. The summed E-state index contributed by atoms with van der Waals surface area (Å²) >= 11 is 0. The van der Waals surface area contributed by atoms with Gasteiger partial charge in [-0.05, 0) is 40.2 Å². The van der Waals surface area contributed by atoms with E-state index in [0.717, 1.165) is 32.0 Å². The van der Waals surface area contributed by atoms with Crippen molar-refractivity contribution in [3.05, 3.63) is 0 Å². The van der Waals surface area contributed by atoms with Crippen molar-refractivity contribution in [3.8, 4) is 0 Å². The van der Waals surface area contributed by atoms with E-state index in [9.17, 15) is 4.79 Å². The first-order valence-corrected chi connectivity index (χ1v) is 7.29. The van der Waals surface area contributed by atoms with E-state index in [0.29, 0.717) is 6.04 Å². The Labute approximate surface area is 111 Å². The molecule has 0 radical (unpaired) electrons. The van der Waals surface area contributed by atoms with Gasteiger partial charge in [-0.3, -0.25) is 9.69 Å². The summed E-state index contributed by atoms with van der Waals surface area (Å²) < 4.78 is 0. The van der Waals surface area contributed by atoms with E-state index in [4.69, 9.17) is 0 Å². The molecule has 2 unspecified atom stereocenters. The minimum absolute atomic E-state index is 0.100. The van der Waals surface area contributed by atoms with Crippen molar-refractivity contribution in [3.63, 3.8) is 0 Å². The van der Waals surface area contributed by atoms with E-state index in [2.05, 4.69) is 36.4 Å². The monoisotopic (exact) mass is 255 g/mol. The third-order valence-corrected chi connectivity index (χ3v) is 3.76. The van der Waals surface area contributed by atoms with Gasteiger partial charge < -0.3 is 10.6 Å². The number of nitrogens with zero attached hydrogens (tertiary/aromatic N) is 1. The average Bonchev–Trinajstić information content (AvgIpc) is 3.18. The predicted octanol–water partition coefficient (Wildman–Crippen LogP) is 1.36. The molecule has 1 fully saturated rings. The fourth-order valence-electron chi connectivity index (χ4n) is 1.97. The first-order chi connectivity index (χ1) is 8.56. The van der Waals surface area contributed by atoms with E-state index in [-0.39, 0.29) is 11.9 Å². The normalized spacial score (nSPS) is 18.7. The molecule has 0 bridgehead atoms. The van der Waals surface area contributed by atoms with Gasteiger partial charge in [-0.1, -0.05) is 13.3 Å². The number of carbonyl (C=O) groups is 1. The van der Waals surface area contributed by atoms with Crippen LogP contribution in [0, 0.1) is 0 Å². The largest absolute Gasteiger partial charge is 0.355 e. The Kier molecular flexibility index (Phi) is 6.65. The summed E-state index contributed by atoms with van der Waals surface area (Å²) in [6.07, 6.45) is 4.83. The summed E-state index contributed by atoms with van der Waals surface area (Å²) in [6, 6.07) is 1.16. The molecule has 0 aromatic heterocycles. The molecule has 1 aliphatic carbocycles. The molecular formula is C14H29N3O. The number of nitrogens with one attached hydrogen (secondary N) is 2. The van der Waals surface area contributed by atoms with Gasteiger partial charge in [0.15, 0.2) is 0 Å². The van der Waals surface area contributed by atoms with Crippen LogP contribution in [0.4, 0.5) is 0 Å². The van der Waals surface area contributed by atoms with Crippen molar-refractivity contribution < 1.29 is 4.79 Å². The second-order valence-corrected chi connectivity index (χ2v) is 5.52. The summed E-state index contributed by atoms with van der Waals surface area (Å²) in [5.41, 5.74) is 0. The van der Waals surface area contributed by atoms with Gasteiger partial charge in [0.05, 0.1) is 6.04 Å². The van der Waals surface area contributed by atoms with Crippen molar-refractivity contribution >= 4 is 5.91 Å². The molecule has 2 atom stereocenters. The summed E-state index contributed by atoms with van der Waals surface area (Å²) in [4.78, 5) is 14.2. The standard InChI is InChI=1S/C14H29N3O/c1-5-6-9-15-14(18)12(3)16-10-11(2)17(4)13-7-8-13/h11-13,16H,5-10H2,1-4H3,(H,15,18). The smallest absolute Gasteiger partial charge is 0.236 e. The van der Waals surface area contributed by atoms with Crippen molar-refractivity contribution in [1.29, 1.82) is 0 Å². The van der Waals surface area contributed by atoms with Crippen LogP contribution in [0.5, 0.6) is 0 Å². The zero-order valence-corrected chi connectivity index (χ0v) is 12.3. The van der Waals surface area contributed by atoms with Crippen molar-refractivity contribution in [1.82, 2.24) is 15.5 Å². The fourth-order valence-corrected chi connectivity index (χ4v) is 1.97. The highest BCUT2D eigenvalue weighted by atomic mass is 16.2. The van der Waals surface area contributed by atoms with Crippen LogP contribution in [0.15, 0.2) is 0 Å². The minimum atomic E-state index is -0.100. The van der Waals surface area contributed by atoms with Crippen LogP contribution >= 0.6 is 0 Å². The molecule has 1 aliphatic rings.